The quantitative estimate of drug-likeness (QED) is 0.444. The minimum atomic E-state index is -2.25. The molecular weight excluding hydrogens is 239 g/mol. The van der Waals surface area contributed by atoms with Gasteiger partial charge >= 0.3 is 0 Å². The molecule has 0 aliphatic carbocycles. The lowest BCUT2D eigenvalue weighted by atomic mass is 10.3. The lowest BCUT2D eigenvalue weighted by molar-refractivity contribution is 0.359. The number of rotatable bonds is 2. The molecule has 0 aliphatic rings. The van der Waals surface area contributed by atoms with E-state index in [1.54, 1.807) is 0 Å². The van der Waals surface area contributed by atoms with Gasteiger partial charge in [-0.2, -0.15) is 0 Å². The van der Waals surface area contributed by atoms with Crippen LogP contribution in [0.5, 0.6) is 0 Å². The van der Waals surface area contributed by atoms with Crippen LogP contribution in [-0.4, -0.2) is 9.96 Å². The highest BCUT2D eigenvalue weighted by atomic mass is 32.2. The summed E-state index contributed by atoms with van der Waals surface area (Å²) in [6.45, 7) is 1.30. The molecule has 0 amide bonds. The van der Waals surface area contributed by atoms with Crippen LogP contribution < -0.4 is 0 Å². The van der Waals surface area contributed by atoms with Gasteiger partial charge in [0.15, 0.2) is 23.3 Å². The van der Waals surface area contributed by atoms with Gasteiger partial charge in [0.1, 0.15) is 4.90 Å². The van der Waals surface area contributed by atoms with E-state index in [1.165, 1.54) is 6.92 Å². The Morgan fingerprint density at radius 3 is 1.53 bits per heavy atom. The molecule has 0 spiro atoms. The van der Waals surface area contributed by atoms with E-state index in [4.69, 9.17) is 0 Å². The van der Waals surface area contributed by atoms with Crippen molar-refractivity contribution in [2.45, 2.75) is 11.8 Å². The SMILES string of the molecule is CCS(=O)c1c(F)c(F)c(F)c(F)c1F. The molecule has 0 aliphatic heterocycles. The third-order valence-electron chi connectivity index (χ3n) is 1.66. The molecule has 0 N–H and O–H groups in total. The second-order valence-electron chi connectivity index (χ2n) is 2.53. The van der Waals surface area contributed by atoms with E-state index in [-0.39, 0.29) is 5.75 Å². The Kier molecular flexibility index (Phi) is 3.43. The maximum absolute atomic E-state index is 12.9. The maximum Gasteiger partial charge on any atom is 0.200 e. The molecule has 0 saturated carbocycles. The molecule has 1 nitrogen and oxygen atoms in total. The van der Waals surface area contributed by atoms with E-state index in [9.17, 15) is 26.2 Å². The zero-order valence-corrected chi connectivity index (χ0v) is 8.23. The number of hydrogen-bond donors (Lipinski definition) is 0. The van der Waals surface area contributed by atoms with E-state index in [2.05, 4.69) is 0 Å². The zero-order valence-electron chi connectivity index (χ0n) is 7.41. The van der Waals surface area contributed by atoms with Gasteiger partial charge in [0.05, 0.1) is 10.8 Å². The molecule has 7 heteroatoms. The Labute approximate surface area is 84.4 Å². The van der Waals surface area contributed by atoms with Gasteiger partial charge < -0.3 is 0 Å². The Bertz CT molecular complexity index is 403. The summed E-state index contributed by atoms with van der Waals surface area (Å²) in [5.74, 6) is -10.7. The minimum absolute atomic E-state index is 0.238. The smallest absolute Gasteiger partial charge is 0.200 e. The summed E-state index contributed by atoms with van der Waals surface area (Å²) < 4.78 is 74.6. The maximum atomic E-state index is 12.9. The Morgan fingerprint density at radius 2 is 1.20 bits per heavy atom. The fourth-order valence-corrected chi connectivity index (χ4v) is 1.80. The molecule has 0 heterocycles. The van der Waals surface area contributed by atoms with Crippen LogP contribution >= 0.6 is 0 Å². The molecular formula is C8H5F5OS. The Hall–Kier alpha value is -0.980. The van der Waals surface area contributed by atoms with Crippen molar-refractivity contribution in [1.29, 1.82) is 0 Å². The van der Waals surface area contributed by atoms with Gasteiger partial charge in [-0.1, -0.05) is 6.92 Å². The molecule has 15 heavy (non-hydrogen) atoms. The molecule has 0 aromatic heterocycles. The van der Waals surface area contributed by atoms with Crippen LogP contribution in [0.2, 0.25) is 0 Å². The second kappa shape index (κ2) is 4.26. The van der Waals surface area contributed by atoms with Gasteiger partial charge in [0, 0.05) is 5.75 Å². The lowest BCUT2D eigenvalue weighted by Gasteiger charge is -2.06. The van der Waals surface area contributed by atoms with Crippen LogP contribution in [-0.2, 0) is 10.8 Å². The average molecular weight is 244 g/mol. The van der Waals surface area contributed by atoms with Crippen molar-refractivity contribution in [3.63, 3.8) is 0 Å². The van der Waals surface area contributed by atoms with Crippen molar-refractivity contribution in [2.75, 3.05) is 5.75 Å². The molecule has 1 aromatic rings. The van der Waals surface area contributed by atoms with Gasteiger partial charge in [-0.25, -0.2) is 22.0 Å². The largest absolute Gasteiger partial charge is 0.254 e. The normalized spacial score (nSPS) is 12.9. The zero-order chi connectivity index (χ0) is 11.7. The van der Waals surface area contributed by atoms with E-state index in [0.717, 1.165) is 0 Å². The average Bonchev–Trinajstić information content (AvgIpc) is 2.23. The molecule has 0 radical (unpaired) electrons. The summed E-state index contributed by atoms with van der Waals surface area (Å²) in [4.78, 5) is -1.27. The molecule has 1 unspecified atom stereocenters. The van der Waals surface area contributed by atoms with Crippen molar-refractivity contribution in [1.82, 2.24) is 0 Å². The van der Waals surface area contributed by atoms with Gasteiger partial charge in [-0.15, -0.1) is 0 Å². The first-order valence-corrected chi connectivity index (χ1v) is 5.13. The van der Waals surface area contributed by atoms with Gasteiger partial charge in [0.2, 0.25) is 5.82 Å². The van der Waals surface area contributed by atoms with E-state index >= 15 is 0 Å². The van der Waals surface area contributed by atoms with Crippen molar-refractivity contribution >= 4 is 10.8 Å². The van der Waals surface area contributed by atoms with Crippen LogP contribution in [0.25, 0.3) is 0 Å². The van der Waals surface area contributed by atoms with Gasteiger partial charge in [0.25, 0.3) is 0 Å². The molecule has 1 rings (SSSR count). The second-order valence-corrected chi connectivity index (χ2v) is 4.21. The van der Waals surface area contributed by atoms with Gasteiger partial charge in [-0.3, -0.25) is 4.21 Å². The fraction of sp³-hybridized carbons (Fsp3) is 0.250. The van der Waals surface area contributed by atoms with Crippen LogP contribution in [0, 0.1) is 29.1 Å². The van der Waals surface area contributed by atoms with Crippen LogP contribution in [0.1, 0.15) is 6.92 Å². The summed E-state index contributed by atoms with van der Waals surface area (Å²) in [7, 11) is -2.24. The van der Waals surface area contributed by atoms with Crippen molar-refractivity contribution in [3.8, 4) is 0 Å². The van der Waals surface area contributed by atoms with Crippen LogP contribution in [0.15, 0.2) is 4.90 Å². The van der Waals surface area contributed by atoms with Crippen LogP contribution in [0.4, 0.5) is 22.0 Å². The molecule has 1 aromatic carbocycles. The first kappa shape index (κ1) is 12.1. The number of halogens is 5. The Morgan fingerprint density at radius 1 is 0.867 bits per heavy atom. The van der Waals surface area contributed by atoms with Gasteiger partial charge in [-0.05, 0) is 0 Å². The van der Waals surface area contributed by atoms with Crippen molar-refractivity contribution in [2.24, 2.45) is 0 Å². The van der Waals surface area contributed by atoms with Crippen LogP contribution in [0.3, 0.4) is 0 Å². The third-order valence-corrected chi connectivity index (χ3v) is 3.00. The Balaban J connectivity index is 3.60. The molecule has 1 atom stereocenters. The predicted octanol–water partition coefficient (Wildman–Crippen LogP) is 2.51. The third kappa shape index (κ3) is 1.88. The summed E-state index contributed by atoms with van der Waals surface area (Å²) in [6, 6.07) is 0. The topological polar surface area (TPSA) is 17.1 Å². The number of benzene rings is 1. The summed E-state index contributed by atoms with van der Waals surface area (Å²) in [5, 5.41) is 0. The van der Waals surface area contributed by atoms with Crippen molar-refractivity contribution < 1.29 is 26.2 Å². The first-order valence-electron chi connectivity index (χ1n) is 3.81. The van der Waals surface area contributed by atoms with E-state index in [1.807, 2.05) is 0 Å². The van der Waals surface area contributed by atoms with Crippen molar-refractivity contribution in [3.05, 3.63) is 29.1 Å². The number of hydrogen-bond acceptors (Lipinski definition) is 1. The highest BCUT2D eigenvalue weighted by Gasteiger charge is 2.28. The lowest BCUT2D eigenvalue weighted by Crippen LogP contribution is -2.09. The first-order chi connectivity index (χ1) is 6.91. The standard InChI is InChI=1S/C8H5F5OS/c1-2-15(14)8-6(12)4(10)3(9)5(11)7(8)13/h2H2,1H3. The molecule has 0 fully saturated rings. The molecule has 0 saturated heterocycles. The summed E-state index contributed by atoms with van der Waals surface area (Å²) in [5.41, 5.74) is 0. The summed E-state index contributed by atoms with van der Waals surface area (Å²) in [6.07, 6.45) is 0. The highest BCUT2D eigenvalue weighted by Crippen LogP contribution is 2.25. The predicted molar refractivity (Wildman–Crippen MR) is 43.2 cm³/mol. The van der Waals surface area contributed by atoms with E-state index < -0.39 is 44.8 Å². The fourth-order valence-electron chi connectivity index (χ4n) is 0.929. The van der Waals surface area contributed by atoms with E-state index in [0.29, 0.717) is 0 Å². The molecule has 84 valence electrons. The molecule has 0 bridgehead atoms. The highest BCUT2D eigenvalue weighted by molar-refractivity contribution is 7.85. The minimum Gasteiger partial charge on any atom is -0.254 e. The monoisotopic (exact) mass is 244 g/mol. The summed E-state index contributed by atoms with van der Waals surface area (Å²) >= 11 is 0.